The van der Waals surface area contributed by atoms with Gasteiger partial charge in [-0.2, -0.15) is 5.10 Å². The number of nitro benzene ring substituents is 1. The van der Waals surface area contributed by atoms with E-state index in [2.05, 4.69) is 26.5 Å². The molecule has 23 heavy (non-hydrogen) atoms. The average Bonchev–Trinajstić information content (AvgIpc) is 2.51. The highest BCUT2D eigenvalue weighted by atomic mass is 79.9. The van der Waals surface area contributed by atoms with E-state index in [1.54, 1.807) is 12.1 Å². The Hall–Kier alpha value is -2.74. The molecule has 2 aromatic rings. The molecule has 7 nitrogen and oxygen atoms in total. The minimum atomic E-state index is -0.501. The molecule has 0 heterocycles. The van der Waals surface area contributed by atoms with Crippen LogP contribution >= 0.6 is 15.9 Å². The summed E-state index contributed by atoms with van der Waals surface area (Å²) in [4.78, 5) is 21.8. The monoisotopic (exact) mass is 377 g/mol. The van der Waals surface area contributed by atoms with Crippen LogP contribution in [0.1, 0.15) is 11.1 Å². The Morgan fingerprint density at radius 2 is 2.00 bits per heavy atom. The number of benzene rings is 2. The van der Waals surface area contributed by atoms with Crippen molar-refractivity contribution in [2.75, 3.05) is 0 Å². The Bertz CT molecular complexity index is 760. The lowest BCUT2D eigenvalue weighted by atomic mass is 10.1. The number of hydrogen-bond acceptors (Lipinski definition) is 5. The number of aromatic hydroxyl groups is 1. The first-order valence-corrected chi connectivity index (χ1v) is 7.29. The zero-order chi connectivity index (χ0) is 16.8. The van der Waals surface area contributed by atoms with Crippen molar-refractivity contribution in [3.05, 3.63) is 68.2 Å². The number of phenolic OH excluding ortho intramolecular Hbond substituents is 1. The van der Waals surface area contributed by atoms with Crippen LogP contribution in [0, 0.1) is 10.1 Å². The molecular weight excluding hydrogens is 366 g/mol. The number of nitrogens with one attached hydrogen (secondary N) is 1. The van der Waals surface area contributed by atoms with Gasteiger partial charge in [0.25, 0.3) is 5.69 Å². The highest BCUT2D eigenvalue weighted by Gasteiger charge is 2.07. The molecule has 0 unspecified atom stereocenters. The van der Waals surface area contributed by atoms with E-state index in [1.807, 2.05) is 0 Å². The summed E-state index contributed by atoms with van der Waals surface area (Å²) in [5.41, 5.74) is 3.39. The van der Waals surface area contributed by atoms with Crippen LogP contribution in [0.5, 0.6) is 5.75 Å². The van der Waals surface area contributed by atoms with Crippen LogP contribution in [0.2, 0.25) is 0 Å². The zero-order valence-electron chi connectivity index (χ0n) is 11.8. The fourth-order valence-electron chi connectivity index (χ4n) is 1.76. The highest BCUT2D eigenvalue weighted by Crippen LogP contribution is 2.19. The summed E-state index contributed by atoms with van der Waals surface area (Å²) in [5.74, 6) is -0.328. The number of nitrogens with zero attached hydrogens (tertiary/aromatic N) is 2. The van der Waals surface area contributed by atoms with Crippen LogP contribution in [-0.4, -0.2) is 22.2 Å². The maximum absolute atomic E-state index is 11.7. The van der Waals surface area contributed by atoms with E-state index in [4.69, 9.17) is 0 Å². The number of carbonyl (C=O) groups excluding carboxylic acids is 1. The summed E-state index contributed by atoms with van der Waals surface area (Å²) < 4.78 is 0.772. The van der Waals surface area contributed by atoms with Gasteiger partial charge in [-0.1, -0.05) is 28.1 Å². The molecule has 0 aliphatic heterocycles. The predicted octanol–water partition coefficient (Wildman–Crippen LogP) is 2.76. The Morgan fingerprint density at radius 3 is 2.65 bits per heavy atom. The molecule has 118 valence electrons. The zero-order valence-corrected chi connectivity index (χ0v) is 13.4. The van der Waals surface area contributed by atoms with Crippen molar-refractivity contribution in [1.82, 2.24) is 5.43 Å². The number of halogens is 1. The van der Waals surface area contributed by atoms with E-state index >= 15 is 0 Å². The molecule has 0 bridgehead atoms. The molecular formula is C15H12BrN3O4. The summed E-state index contributed by atoms with van der Waals surface area (Å²) in [6.07, 6.45) is 1.37. The van der Waals surface area contributed by atoms with Gasteiger partial charge in [0.1, 0.15) is 5.75 Å². The van der Waals surface area contributed by atoms with Crippen molar-refractivity contribution >= 4 is 33.7 Å². The highest BCUT2D eigenvalue weighted by molar-refractivity contribution is 9.10. The predicted molar refractivity (Wildman–Crippen MR) is 88.3 cm³/mol. The van der Waals surface area contributed by atoms with Gasteiger partial charge in [0.05, 0.1) is 17.6 Å². The third-order valence-electron chi connectivity index (χ3n) is 2.89. The largest absolute Gasteiger partial charge is 0.507 e. The number of hydrogen-bond donors (Lipinski definition) is 2. The van der Waals surface area contributed by atoms with Crippen LogP contribution in [0.3, 0.4) is 0 Å². The number of phenols is 1. The normalized spacial score (nSPS) is 10.7. The molecule has 2 aromatic carbocycles. The van der Waals surface area contributed by atoms with Crippen molar-refractivity contribution in [3.8, 4) is 5.75 Å². The van der Waals surface area contributed by atoms with E-state index < -0.39 is 4.92 Å². The second-order valence-corrected chi connectivity index (χ2v) is 5.51. The van der Waals surface area contributed by atoms with Gasteiger partial charge in [0.2, 0.25) is 5.91 Å². The molecule has 0 spiro atoms. The Kier molecular flexibility index (Phi) is 5.42. The Morgan fingerprint density at radius 1 is 1.30 bits per heavy atom. The molecule has 0 saturated heterocycles. The average molecular weight is 378 g/mol. The maximum Gasteiger partial charge on any atom is 0.269 e. The van der Waals surface area contributed by atoms with Gasteiger partial charge in [-0.15, -0.1) is 0 Å². The third kappa shape index (κ3) is 4.89. The molecule has 0 aliphatic carbocycles. The lowest BCUT2D eigenvalue weighted by Crippen LogP contribution is -2.19. The van der Waals surface area contributed by atoms with Gasteiger partial charge in [-0.3, -0.25) is 14.9 Å². The summed E-state index contributed by atoms with van der Waals surface area (Å²) in [7, 11) is 0. The fraction of sp³-hybridized carbons (Fsp3) is 0.0667. The van der Waals surface area contributed by atoms with Gasteiger partial charge in [-0.25, -0.2) is 5.43 Å². The topological polar surface area (TPSA) is 105 Å². The quantitative estimate of drug-likeness (QED) is 0.474. The standard InChI is InChI=1S/C15H12BrN3O4/c16-12-3-6-14(20)11(8-12)9-17-18-15(21)7-10-1-4-13(5-2-10)19(22)23/h1-6,8-9,20H,7H2,(H,18,21)/b17-9+. The van der Waals surface area contributed by atoms with Crippen LogP contribution in [-0.2, 0) is 11.2 Å². The van der Waals surface area contributed by atoms with Crippen LogP contribution in [0.15, 0.2) is 52.0 Å². The molecule has 0 atom stereocenters. The molecule has 2 rings (SSSR count). The summed E-state index contributed by atoms with van der Waals surface area (Å²) in [5, 5.41) is 23.9. The molecule has 1 amide bonds. The van der Waals surface area contributed by atoms with E-state index in [0.717, 1.165) is 4.47 Å². The van der Waals surface area contributed by atoms with E-state index in [1.165, 1.54) is 36.5 Å². The molecule has 0 radical (unpaired) electrons. The molecule has 0 saturated carbocycles. The number of amides is 1. The molecule has 8 heteroatoms. The van der Waals surface area contributed by atoms with Crippen LogP contribution in [0.25, 0.3) is 0 Å². The SMILES string of the molecule is O=C(Cc1ccc([N+](=O)[O-])cc1)N/N=C/c1cc(Br)ccc1O. The first-order valence-electron chi connectivity index (χ1n) is 6.49. The number of nitro groups is 1. The molecule has 0 aromatic heterocycles. The minimum Gasteiger partial charge on any atom is -0.507 e. The van der Waals surface area contributed by atoms with Gasteiger partial charge in [-0.05, 0) is 23.8 Å². The van der Waals surface area contributed by atoms with E-state index in [0.29, 0.717) is 11.1 Å². The van der Waals surface area contributed by atoms with Gasteiger partial charge >= 0.3 is 0 Å². The lowest BCUT2D eigenvalue weighted by Gasteiger charge is -2.01. The molecule has 0 aliphatic rings. The Balaban J connectivity index is 1.93. The first-order chi connectivity index (χ1) is 11.0. The van der Waals surface area contributed by atoms with Crippen molar-refractivity contribution in [2.45, 2.75) is 6.42 Å². The third-order valence-corrected chi connectivity index (χ3v) is 3.39. The molecule has 2 N–H and O–H groups in total. The fourth-order valence-corrected chi connectivity index (χ4v) is 2.14. The first kappa shape index (κ1) is 16.6. The lowest BCUT2D eigenvalue weighted by molar-refractivity contribution is -0.384. The van der Waals surface area contributed by atoms with Crippen molar-refractivity contribution in [2.24, 2.45) is 5.10 Å². The summed E-state index contributed by atoms with van der Waals surface area (Å²) in [6, 6.07) is 10.5. The number of rotatable bonds is 5. The van der Waals surface area contributed by atoms with Crippen LogP contribution < -0.4 is 5.43 Å². The number of carbonyl (C=O) groups is 1. The smallest absolute Gasteiger partial charge is 0.269 e. The van der Waals surface area contributed by atoms with Crippen molar-refractivity contribution in [3.63, 3.8) is 0 Å². The second-order valence-electron chi connectivity index (χ2n) is 4.60. The summed E-state index contributed by atoms with van der Waals surface area (Å²) >= 11 is 3.27. The van der Waals surface area contributed by atoms with E-state index in [-0.39, 0.29) is 23.8 Å². The maximum atomic E-state index is 11.7. The Labute approximate surface area is 139 Å². The second kappa shape index (κ2) is 7.50. The minimum absolute atomic E-state index is 0.0303. The van der Waals surface area contributed by atoms with Gasteiger partial charge in [0, 0.05) is 22.2 Å². The number of hydrazone groups is 1. The summed E-state index contributed by atoms with van der Waals surface area (Å²) in [6.45, 7) is 0. The van der Waals surface area contributed by atoms with Crippen molar-refractivity contribution < 1.29 is 14.8 Å². The number of non-ortho nitro benzene ring substituents is 1. The van der Waals surface area contributed by atoms with Crippen LogP contribution in [0.4, 0.5) is 5.69 Å². The van der Waals surface area contributed by atoms with Crippen molar-refractivity contribution in [1.29, 1.82) is 0 Å². The molecule has 0 fully saturated rings. The van der Waals surface area contributed by atoms with E-state index in [9.17, 15) is 20.0 Å². The van der Waals surface area contributed by atoms with Gasteiger partial charge in [0.15, 0.2) is 0 Å². The van der Waals surface area contributed by atoms with Gasteiger partial charge < -0.3 is 5.11 Å².